The number of nitrogens with zero attached hydrogens (tertiary/aromatic N) is 1. The number of carbonyl (C=O) groups excluding carboxylic acids is 2. The van der Waals surface area contributed by atoms with E-state index in [0.717, 1.165) is 40.6 Å². The highest BCUT2D eigenvalue weighted by Gasteiger charge is 2.21. The van der Waals surface area contributed by atoms with Crippen molar-refractivity contribution in [3.8, 4) is 5.75 Å². The van der Waals surface area contributed by atoms with E-state index in [1.165, 1.54) is 0 Å². The molecule has 5 rings (SSSR count). The summed E-state index contributed by atoms with van der Waals surface area (Å²) < 4.78 is 11.4. The maximum Gasteiger partial charge on any atom is 0.228 e. The van der Waals surface area contributed by atoms with E-state index >= 15 is 0 Å². The minimum Gasteiger partial charge on any atom is -0.495 e. The van der Waals surface area contributed by atoms with Crippen molar-refractivity contribution in [1.82, 2.24) is 0 Å². The molecule has 0 atom stereocenters. The molecule has 0 radical (unpaired) electrons. The zero-order valence-electron chi connectivity index (χ0n) is 17.2. The molecule has 6 nitrogen and oxygen atoms in total. The lowest BCUT2D eigenvalue weighted by atomic mass is 10.1. The predicted molar refractivity (Wildman–Crippen MR) is 121 cm³/mol. The van der Waals surface area contributed by atoms with Crippen LogP contribution < -0.4 is 15.0 Å². The molecular weight excluding hydrogens is 392 g/mol. The van der Waals surface area contributed by atoms with Crippen molar-refractivity contribution in [2.24, 2.45) is 0 Å². The van der Waals surface area contributed by atoms with Crippen LogP contribution in [0.15, 0.2) is 65.1 Å². The van der Waals surface area contributed by atoms with Crippen LogP contribution in [0.2, 0.25) is 0 Å². The Morgan fingerprint density at radius 1 is 1.06 bits per heavy atom. The summed E-state index contributed by atoms with van der Waals surface area (Å²) in [6.45, 7) is 0.753. The Kier molecular flexibility index (Phi) is 4.82. The number of hydrogen-bond donors (Lipinski definition) is 1. The van der Waals surface area contributed by atoms with E-state index in [-0.39, 0.29) is 18.2 Å². The van der Waals surface area contributed by atoms with Crippen LogP contribution in [-0.2, 0) is 16.0 Å². The molecule has 156 valence electrons. The Labute approximate surface area is 179 Å². The number of carbonyl (C=O) groups is 2. The van der Waals surface area contributed by atoms with E-state index in [4.69, 9.17) is 9.15 Å². The molecule has 4 aromatic rings. The first-order chi connectivity index (χ1) is 15.1. The first-order valence-corrected chi connectivity index (χ1v) is 10.3. The standard InChI is InChI=1S/C25H22N2O4/c1-30-23-14-19-18-5-2-3-6-21(18)31-22(19)15-20(23)26-24(28)13-16-8-10-17(11-9-16)27-12-4-7-25(27)29/h2-3,5-6,8-11,14-15H,4,7,12-13H2,1H3,(H,26,28). The largest absolute Gasteiger partial charge is 0.495 e. The number of hydrogen-bond acceptors (Lipinski definition) is 4. The molecule has 1 N–H and O–H groups in total. The van der Waals surface area contributed by atoms with Gasteiger partial charge in [-0.3, -0.25) is 9.59 Å². The van der Waals surface area contributed by atoms with Crippen molar-refractivity contribution in [2.75, 3.05) is 23.9 Å². The third kappa shape index (κ3) is 3.61. The average molecular weight is 414 g/mol. The zero-order chi connectivity index (χ0) is 21.4. The first kappa shape index (κ1) is 19.2. The molecule has 1 aliphatic rings. The lowest BCUT2D eigenvalue weighted by Crippen LogP contribution is -2.23. The van der Waals surface area contributed by atoms with Crippen LogP contribution in [0.3, 0.4) is 0 Å². The Morgan fingerprint density at radius 3 is 2.61 bits per heavy atom. The highest BCUT2D eigenvalue weighted by atomic mass is 16.5. The van der Waals surface area contributed by atoms with Crippen molar-refractivity contribution in [3.63, 3.8) is 0 Å². The molecular formula is C25H22N2O4. The molecule has 1 aromatic heterocycles. The molecule has 0 spiro atoms. The molecule has 31 heavy (non-hydrogen) atoms. The van der Waals surface area contributed by atoms with Crippen molar-refractivity contribution < 1.29 is 18.7 Å². The highest BCUT2D eigenvalue weighted by molar-refractivity contribution is 6.07. The normalized spacial score (nSPS) is 13.8. The van der Waals surface area contributed by atoms with Gasteiger partial charge >= 0.3 is 0 Å². The minimum atomic E-state index is -0.154. The lowest BCUT2D eigenvalue weighted by molar-refractivity contribution is -0.117. The fourth-order valence-electron chi connectivity index (χ4n) is 4.11. The van der Waals surface area contributed by atoms with Crippen LogP contribution in [0, 0.1) is 0 Å². The molecule has 1 saturated heterocycles. The Balaban J connectivity index is 1.35. The number of nitrogens with one attached hydrogen (secondary N) is 1. The predicted octanol–water partition coefficient (Wildman–Crippen LogP) is 4.90. The maximum absolute atomic E-state index is 12.7. The maximum atomic E-state index is 12.7. The fourth-order valence-corrected chi connectivity index (χ4v) is 4.11. The monoisotopic (exact) mass is 414 g/mol. The van der Waals surface area contributed by atoms with Crippen LogP contribution in [0.5, 0.6) is 5.75 Å². The summed E-state index contributed by atoms with van der Waals surface area (Å²) in [6, 6.07) is 19.1. The minimum absolute atomic E-state index is 0.151. The first-order valence-electron chi connectivity index (χ1n) is 10.3. The van der Waals surface area contributed by atoms with Gasteiger partial charge in [-0.2, -0.15) is 0 Å². The van der Waals surface area contributed by atoms with Crippen molar-refractivity contribution in [2.45, 2.75) is 19.3 Å². The second-order valence-corrected chi connectivity index (χ2v) is 7.69. The number of ether oxygens (including phenoxy) is 1. The summed E-state index contributed by atoms with van der Waals surface area (Å²) in [5.41, 5.74) is 3.80. The van der Waals surface area contributed by atoms with E-state index in [9.17, 15) is 9.59 Å². The SMILES string of the molecule is COc1cc2c(cc1NC(=O)Cc1ccc(N3CCCC3=O)cc1)oc1ccccc12. The molecule has 0 aliphatic carbocycles. The molecule has 0 bridgehead atoms. The van der Waals surface area contributed by atoms with Crippen LogP contribution in [0.25, 0.3) is 21.9 Å². The number of amides is 2. The van der Waals surface area contributed by atoms with E-state index in [2.05, 4.69) is 5.32 Å². The number of benzene rings is 3. The quantitative estimate of drug-likeness (QED) is 0.504. The molecule has 0 unspecified atom stereocenters. The van der Waals surface area contributed by atoms with Gasteiger partial charge in [0, 0.05) is 35.5 Å². The average Bonchev–Trinajstić information content (AvgIpc) is 3.36. The lowest BCUT2D eigenvalue weighted by Gasteiger charge is -2.16. The number of para-hydroxylation sites is 1. The molecule has 2 heterocycles. The number of furan rings is 1. The zero-order valence-corrected chi connectivity index (χ0v) is 17.2. The molecule has 1 aliphatic heterocycles. The third-order valence-electron chi connectivity index (χ3n) is 5.66. The van der Waals surface area contributed by atoms with Gasteiger partial charge in [0.1, 0.15) is 16.9 Å². The second kappa shape index (κ2) is 7.80. The van der Waals surface area contributed by atoms with E-state index in [0.29, 0.717) is 23.4 Å². The topological polar surface area (TPSA) is 71.8 Å². The number of fused-ring (bicyclic) bond motifs is 3. The van der Waals surface area contributed by atoms with Gasteiger partial charge in [0.05, 0.1) is 19.2 Å². The van der Waals surface area contributed by atoms with E-state index in [1.807, 2.05) is 54.6 Å². The van der Waals surface area contributed by atoms with Gasteiger partial charge in [-0.15, -0.1) is 0 Å². The van der Waals surface area contributed by atoms with Gasteiger partial charge in [-0.1, -0.05) is 30.3 Å². The van der Waals surface area contributed by atoms with E-state index < -0.39 is 0 Å². The molecule has 6 heteroatoms. The second-order valence-electron chi connectivity index (χ2n) is 7.69. The Hall–Kier alpha value is -3.80. The van der Waals surface area contributed by atoms with Crippen LogP contribution in [-0.4, -0.2) is 25.5 Å². The smallest absolute Gasteiger partial charge is 0.228 e. The number of methoxy groups -OCH3 is 1. The summed E-state index contributed by atoms with van der Waals surface area (Å²) >= 11 is 0. The van der Waals surface area contributed by atoms with Gasteiger partial charge in [0.15, 0.2) is 0 Å². The summed E-state index contributed by atoms with van der Waals surface area (Å²) in [6.07, 6.45) is 1.71. The highest BCUT2D eigenvalue weighted by Crippen LogP contribution is 2.36. The third-order valence-corrected chi connectivity index (χ3v) is 5.66. The van der Waals surface area contributed by atoms with Crippen molar-refractivity contribution in [1.29, 1.82) is 0 Å². The fraction of sp³-hybridized carbons (Fsp3) is 0.200. The summed E-state index contributed by atoms with van der Waals surface area (Å²) in [5, 5.41) is 4.88. The van der Waals surface area contributed by atoms with Gasteiger partial charge in [-0.25, -0.2) is 0 Å². The van der Waals surface area contributed by atoms with Gasteiger partial charge < -0.3 is 19.4 Å². The summed E-state index contributed by atoms with van der Waals surface area (Å²) in [4.78, 5) is 26.4. The van der Waals surface area contributed by atoms with Gasteiger partial charge in [0.25, 0.3) is 0 Å². The van der Waals surface area contributed by atoms with Crippen LogP contribution >= 0.6 is 0 Å². The molecule has 0 saturated carbocycles. The van der Waals surface area contributed by atoms with Gasteiger partial charge in [0.2, 0.25) is 11.8 Å². The van der Waals surface area contributed by atoms with E-state index in [1.54, 1.807) is 18.1 Å². The number of rotatable bonds is 5. The summed E-state index contributed by atoms with van der Waals surface area (Å²) in [7, 11) is 1.58. The van der Waals surface area contributed by atoms with Crippen LogP contribution in [0.1, 0.15) is 18.4 Å². The molecule has 1 fully saturated rings. The van der Waals surface area contributed by atoms with Crippen molar-refractivity contribution in [3.05, 3.63) is 66.2 Å². The Bertz CT molecular complexity index is 1290. The van der Waals surface area contributed by atoms with Crippen LogP contribution in [0.4, 0.5) is 11.4 Å². The van der Waals surface area contributed by atoms with Crippen molar-refractivity contribution >= 4 is 45.1 Å². The molecule has 2 amide bonds. The Morgan fingerprint density at radius 2 is 1.87 bits per heavy atom. The van der Waals surface area contributed by atoms with Gasteiger partial charge in [-0.05, 0) is 36.2 Å². The summed E-state index contributed by atoms with van der Waals surface area (Å²) in [5.74, 6) is 0.577. The number of anilines is 2. The molecule has 3 aromatic carbocycles.